The van der Waals surface area contributed by atoms with Gasteiger partial charge in [-0.15, -0.1) is 5.10 Å². The summed E-state index contributed by atoms with van der Waals surface area (Å²) in [5, 5.41) is 14.8. The fourth-order valence-electron chi connectivity index (χ4n) is 3.45. The fraction of sp³-hybridized carbons (Fsp3) is 0.421. The first-order valence-corrected chi connectivity index (χ1v) is 9.54. The lowest BCUT2D eigenvalue weighted by Gasteiger charge is -2.28. The minimum atomic E-state index is -0.0804. The van der Waals surface area contributed by atoms with Crippen molar-refractivity contribution in [3.8, 4) is 0 Å². The number of fused-ring (bicyclic) bond motifs is 1. The van der Waals surface area contributed by atoms with Crippen molar-refractivity contribution in [1.82, 2.24) is 40.0 Å². The summed E-state index contributed by atoms with van der Waals surface area (Å²) in [5.41, 5.74) is 2.76. The Morgan fingerprint density at radius 1 is 1.21 bits per heavy atom. The van der Waals surface area contributed by atoms with E-state index in [0.29, 0.717) is 18.9 Å². The van der Waals surface area contributed by atoms with Crippen LogP contribution in [0.5, 0.6) is 0 Å². The van der Waals surface area contributed by atoms with Crippen LogP contribution in [0.2, 0.25) is 0 Å². The Morgan fingerprint density at radius 3 is 2.96 bits per heavy atom. The number of aryl methyl sites for hydroxylation is 1. The van der Waals surface area contributed by atoms with Crippen molar-refractivity contribution in [2.24, 2.45) is 0 Å². The lowest BCUT2D eigenvalue weighted by Crippen LogP contribution is -2.33. The zero-order valence-corrected chi connectivity index (χ0v) is 15.7. The Hall–Kier alpha value is -3.07. The first kappa shape index (κ1) is 18.3. The second-order valence-electron chi connectivity index (χ2n) is 6.99. The van der Waals surface area contributed by atoms with Gasteiger partial charge in [0.25, 0.3) is 0 Å². The highest BCUT2D eigenvalue weighted by Crippen LogP contribution is 2.19. The van der Waals surface area contributed by atoms with Gasteiger partial charge in [0, 0.05) is 38.6 Å². The van der Waals surface area contributed by atoms with Gasteiger partial charge in [-0.05, 0) is 34.4 Å². The van der Waals surface area contributed by atoms with Crippen molar-refractivity contribution in [3.63, 3.8) is 0 Å². The number of aromatic nitrogens is 6. The van der Waals surface area contributed by atoms with E-state index < -0.39 is 0 Å². The first-order chi connectivity index (χ1) is 13.8. The third kappa shape index (κ3) is 4.61. The van der Waals surface area contributed by atoms with E-state index in [1.54, 1.807) is 17.2 Å². The second-order valence-corrected chi connectivity index (χ2v) is 6.99. The average molecular weight is 380 g/mol. The molecule has 0 saturated carbocycles. The summed E-state index contributed by atoms with van der Waals surface area (Å²) in [6.07, 6.45) is 7.30. The molecule has 1 amide bonds. The van der Waals surface area contributed by atoms with Gasteiger partial charge in [0.1, 0.15) is 6.54 Å². The number of imidazole rings is 1. The third-order valence-corrected chi connectivity index (χ3v) is 4.95. The molecule has 3 heterocycles. The Balaban J connectivity index is 1.25. The highest BCUT2D eigenvalue weighted by atomic mass is 16.2. The Labute approximate surface area is 163 Å². The summed E-state index contributed by atoms with van der Waals surface area (Å²) in [6, 6.07) is 8.52. The molecule has 0 saturated heterocycles. The van der Waals surface area contributed by atoms with E-state index in [4.69, 9.17) is 0 Å². The predicted molar refractivity (Wildman–Crippen MR) is 102 cm³/mol. The van der Waals surface area contributed by atoms with Crippen LogP contribution in [0.25, 0.3) is 0 Å². The molecule has 4 rings (SSSR count). The Morgan fingerprint density at radius 2 is 2.11 bits per heavy atom. The quantitative estimate of drug-likeness (QED) is 0.576. The van der Waals surface area contributed by atoms with Crippen LogP contribution in [-0.2, 0) is 37.4 Å². The number of nitrogens with zero attached hydrogens (tertiary/aromatic N) is 7. The normalized spacial score (nSPS) is 14.0. The molecule has 0 aliphatic carbocycles. The highest BCUT2D eigenvalue weighted by Gasteiger charge is 2.19. The van der Waals surface area contributed by atoms with Gasteiger partial charge >= 0.3 is 0 Å². The van der Waals surface area contributed by atoms with Gasteiger partial charge in [0.05, 0.1) is 12.9 Å². The molecule has 3 aromatic rings. The van der Waals surface area contributed by atoms with E-state index in [-0.39, 0.29) is 12.5 Å². The molecular weight excluding hydrogens is 356 g/mol. The second kappa shape index (κ2) is 8.75. The lowest BCUT2D eigenvalue weighted by molar-refractivity contribution is -0.121. The topological polar surface area (TPSA) is 93.8 Å². The number of carbonyl (C=O) groups excluding carboxylic acids is 1. The zero-order chi connectivity index (χ0) is 19.2. The van der Waals surface area contributed by atoms with E-state index in [2.05, 4.69) is 55.0 Å². The van der Waals surface area contributed by atoms with Crippen molar-refractivity contribution in [2.45, 2.75) is 39.0 Å². The van der Waals surface area contributed by atoms with Crippen LogP contribution in [0.15, 0.2) is 43.0 Å². The number of carbonyl (C=O) groups is 1. The van der Waals surface area contributed by atoms with Gasteiger partial charge in [-0.3, -0.25) is 9.69 Å². The summed E-state index contributed by atoms with van der Waals surface area (Å²) in [6.45, 7) is 4.05. The molecule has 9 heteroatoms. The lowest BCUT2D eigenvalue weighted by atomic mass is 10.00. The summed E-state index contributed by atoms with van der Waals surface area (Å²) in [4.78, 5) is 18.5. The van der Waals surface area contributed by atoms with Crippen LogP contribution in [0.4, 0.5) is 0 Å². The first-order valence-electron chi connectivity index (χ1n) is 9.54. The number of benzene rings is 1. The molecule has 9 nitrogen and oxygen atoms in total. The van der Waals surface area contributed by atoms with Crippen molar-refractivity contribution in [1.29, 1.82) is 0 Å². The predicted octanol–water partition coefficient (Wildman–Crippen LogP) is 0.634. The summed E-state index contributed by atoms with van der Waals surface area (Å²) in [7, 11) is 0. The van der Waals surface area contributed by atoms with E-state index in [1.807, 2.05) is 10.8 Å². The maximum Gasteiger partial charge on any atom is 0.241 e. The van der Waals surface area contributed by atoms with Crippen LogP contribution in [0.1, 0.15) is 23.4 Å². The Kier molecular flexibility index (Phi) is 5.72. The van der Waals surface area contributed by atoms with E-state index >= 15 is 0 Å². The molecule has 0 spiro atoms. The molecule has 1 aliphatic heterocycles. The van der Waals surface area contributed by atoms with Crippen molar-refractivity contribution >= 4 is 5.91 Å². The molecule has 0 atom stereocenters. The highest BCUT2D eigenvalue weighted by molar-refractivity contribution is 5.75. The number of rotatable bonds is 8. The number of nitrogens with one attached hydrogen (secondary N) is 1. The van der Waals surface area contributed by atoms with E-state index in [1.165, 1.54) is 11.1 Å². The number of tetrazole rings is 1. The monoisotopic (exact) mass is 380 g/mol. The number of hydrogen-bond donors (Lipinski definition) is 1. The fourth-order valence-corrected chi connectivity index (χ4v) is 3.45. The molecule has 146 valence electrons. The van der Waals surface area contributed by atoms with Crippen LogP contribution in [-0.4, -0.2) is 53.7 Å². The van der Waals surface area contributed by atoms with Crippen LogP contribution in [0.3, 0.4) is 0 Å². The van der Waals surface area contributed by atoms with Crippen molar-refractivity contribution in [2.75, 3.05) is 13.1 Å². The average Bonchev–Trinajstić information content (AvgIpc) is 3.38. The molecule has 0 fully saturated rings. The molecule has 1 aliphatic rings. The van der Waals surface area contributed by atoms with Crippen molar-refractivity contribution < 1.29 is 4.79 Å². The zero-order valence-electron chi connectivity index (χ0n) is 15.7. The summed E-state index contributed by atoms with van der Waals surface area (Å²) < 4.78 is 3.58. The van der Waals surface area contributed by atoms with Gasteiger partial charge < -0.3 is 9.88 Å². The molecule has 1 N–H and O–H groups in total. The van der Waals surface area contributed by atoms with Gasteiger partial charge in [0.2, 0.25) is 5.91 Å². The van der Waals surface area contributed by atoms with Gasteiger partial charge in [-0.25, -0.2) is 9.67 Å². The minimum Gasteiger partial charge on any atom is -0.354 e. The number of amides is 1. The van der Waals surface area contributed by atoms with Gasteiger partial charge in [-0.2, -0.15) is 0 Å². The number of hydrogen-bond acceptors (Lipinski definition) is 6. The molecule has 0 bridgehead atoms. The van der Waals surface area contributed by atoms with Crippen LogP contribution >= 0.6 is 0 Å². The third-order valence-electron chi connectivity index (χ3n) is 4.95. The largest absolute Gasteiger partial charge is 0.354 e. The SMILES string of the molecule is O=C(Cn1nnnc1CN1CCc2ccccc2C1)NCCCn1ccnc1. The maximum atomic E-state index is 12.2. The van der Waals surface area contributed by atoms with Gasteiger partial charge in [0.15, 0.2) is 5.82 Å². The van der Waals surface area contributed by atoms with Crippen LogP contribution < -0.4 is 5.32 Å². The standard InChI is InChI=1S/C19H24N8O/c28-19(21-7-3-9-25-11-8-20-15-25)14-27-18(22-23-24-27)13-26-10-6-16-4-1-2-5-17(16)12-26/h1-2,4-5,8,11,15H,3,6-7,9-10,12-14H2,(H,21,28). The smallest absolute Gasteiger partial charge is 0.241 e. The Bertz CT molecular complexity index is 904. The van der Waals surface area contributed by atoms with E-state index in [9.17, 15) is 4.79 Å². The van der Waals surface area contributed by atoms with Crippen molar-refractivity contribution in [3.05, 3.63) is 59.9 Å². The molecule has 1 aromatic carbocycles. The summed E-state index contributed by atoms with van der Waals surface area (Å²) in [5.74, 6) is 0.635. The maximum absolute atomic E-state index is 12.2. The molecule has 0 unspecified atom stereocenters. The molecule has 0 radical (unpaired) electrons. The van der Waals surface area contributed by atoms with Crippen LogP contribution in [0, 0.1) is 0 Å². The molecule has 28 heavy (non-hydrogen) atoms. The molecule has 2 aromatic heterocycles. The minimum absolute atomic E-state index is 0.0804. The summed E-state index contributed by atoms with van der Waals surface area (Å²) >= 11 is 0. The van der Waals surface area contributed by atoms with Gasteiger partial charge in [-0.1, -0.05) is 24.3 Å². The van der Waals surface area contributed by atoms with E-state index in [0.717, 1.165) is 32.5 Å². The molecular formula is C19H24N8O.